The topological polar surface area (TPSA) is 47.6 Å². The van der Waals surface area contributed by atoms with Crippen molar-refractivity contribution in [1.29, 1.82) is 0 Å². The third-order valence-corrected chi connectivity index (χ3v) is 3.41. The molecule has 0 aromatic carbocycles. The summed E-state index contributed by atoms with van der Waals surface area (Å²) in [5.41, 5.74) is 0. The molecule has 0 radical (unpaired) electrons. The zero-order valence-electron chi connectivity index (χ0n) is 10.5. The van der Waals surface area contributed by atoms with Crippen LogP contribution in [0.3, 0.4) is 0 Å². The van der Waals surface area contributed by atoms with E-state index in [9.17, 15) is 4.79 Å². The van der Waals surface area contributed by atoms with Crippen molar-refractivity contribution in [3.63, 3.8) is 0 Å². The lowest BCUT2D eigenvalue weighted by atomic mass is 10.2. The van der Waals surface area contributed by atoms with Crippen molar-refractivity contribution in [2.45, 2.75) is 19.9 Å². The quantitative estimate of drug-likeness (QED) is 0.759. The van der Waals surface area contributed by atoms with E-state index in [1.165, 1.54) is 4.88 Å². The first-order valence-corrected chi connectivity index (χ1v) is 6.37. The first-order chi connectivity index (χ1) is 8.13. The van der Waals surface area contributed by atoms with Crippen molar-refractivity contribution in [2.75, 3.05) is 26.9 Å². The third-order valence-electron chi connectivity index (χ3n) is 2.23. The van der Waals surface area contributed by atoms with E-state index in [0.717, 1.165) is 4.88 Å². The molecular weight excluding hydrogens is 238 g/mol. The maximum absolute atomic E-state index is 11.5. The molecule has 0 aliphatic rings. The Bertz CT molecular complexity index is 351. The van der Waals surface area contributed by atoms with Crippen molar-refractivity contribution in [3.8, 4) is 0 Å². The van der Waals surface area contributed by atoms with Crippen LogP contribution in [0, 0.1) is 6.92 Å². The normalized spacial score (nSPS) is 12.4. The number of ether oxygens (including phenoxy) is 2. The molecule has 1 aromatic heterocycles. The molecular formula is C12H19NO3S. The van der Waals surface area contributed by atoms with Crippen LogP contribution < -0.4 is 5.32 Å². The standard InChI is InChI=1S/C12H19NO3S/c1-9-4-5-11(17-9)10(2)13-12(14)8-16-7-6-15-3/h4-5,10H,6-8H2,1-3H3,(H,13,14). The first kappa shape index (κ1) is 14.2. The number of hydrogen-bond donors (Lipinski definition) is 1. The van der Waals surface area contributed by atoms with Gasteiger partial charge >= 0.3 is 0 Å². The first-order valence-electron chi connectivity index (χ1n) is 5.56. The minimum absolute atomic E-state index is 0.0345. The molecule has 0 saturated carbocycles. The Balaban J connectivity index is 2.26. The number of amides is 1. The fraction of sp³-hybridized carbons (Fsp3) is 0.583. The highest BCUT2D eigenvalue weighted by Gasteiger charge is 2.10. The van der Waals surface area contributed by atoms with Gasteiger partial charge in [-0.1, -0.05) is 0 Å². The van der Waals surface area contributed by atoms with Crippen LogP contribution in [0.4, 0.5) is 0 Å². The second-order valence-electron chi connectivity index (χ2n) is 3.78. The molecule has 1 atom stereocenters. The highest BCUT2D eigenvalue weighted by Crippen LogP contribution is 2.21. The van der Waals surface area contributed by atoms with E-state index in [-0.39, 0.29) is 18.6 Å². The Morgan fingerprint density at radius 2 is 2.24 bits per heavy atom. The molecule has 96 valence electrons. The Morgan fingerprint density at radius 1 is 1.47 bits per heavy atom. The van der Waals surface area contributed by atoms with Crippen LogP contribution in [0.1, 0.15) is 22.7 Å². The number of carbonyl (C=O) groups excluding carboxylic acids is 1. The van der Waals surface area contributed by atoms with E-state index in [4.69, 9.17) is 9.47 Å². The fourth-order valence-electron chi connectivity index (χ4n) is 1.35. The summed E-state index contributed by atoms with van der Waals surface area (Å²) in [6.07, 6.45) is 0. The summed E-state index contributed by atoms with van der Waals surface area (Å²) in [5.74, 6) is -0.0975. The van der Waals surface area contributed by atoms with E-state index in [0.29, 0.717) is 13.2 Å². The van der Waals surface area contributed by atoms with Crippen LogP contribution >= 0.6 is 11.3 Å². The third kappa shape index (κ3) is 5.30. The van der Waals surface area contributed by atoms with Gasteiger partial charge in [0.1, 0.15) is 6.61 Å². The second kappa shape index (κ2) is 7.42. The highest BCUT2D eigenvalue weighted by molar-refractivity contribution is 7.12. The maximum Gasteiger partial charge on any atom is 0.246 e. The average Bonchev–Trinajstić information content (AvgIpc) is 2.71. The Labute approximate surface area is 106 Å². The summed E-state index contributed by atoms with van der Waals surface area (Å²) >= 11 is 1.69. The lowest BCUT2D eigenvalue weighted by Crippen LogP contribution is -2.30. The molecule has 1 rings (SSSR count). The van der Waals surface area contributed by atoms with E-state index < -0.39 is 0 Å². The molecule has 17 heavy (non-hydrogen) atoms. The molecule has 0 saturated heterocycles. The van der Waals surface area contributed by atoms with Crippen LogP contribution in [0.15, 0.2) is 12.1 Å². The van der Waals surface area contributed by atoms with E-state index in [1.54, 1.807) is 18.4 Å². The van der Waals surface area contributed by atoms with Crippen LogP contribution in [-0.4, -0.2) is 32.8 Å². The maximum atomic E-state index is 11.5. The van der Waals surface area contributed by atoms with Gasteiger partial charge in [-0.15, -0.1) is 11.3 Å². The summed E-state index contributed by atoms with van der Waals surface area (Å²) in [6.45, 7) is 5.05. The molecule has 0 bridgehead atoms. The molecule has 0 aliphatic carbocycles. The lowest BCUT2D eigenvalue weighted by molar-refractivity contribution is -0.126. The molecule has 1 unspecified atom stereocenters. The molecule has 0 fully saturated rings. The molecule has 1 aromatic rings. The summed E-state index contributed by atoms with van der Waals surface area (Å²) in [7, 11) is 1.60. The Morgan fingerprint density at radius 3 is 2.82 bits per heavy atom. The predicted molar refractivity (Wildman–Crippen MR) is 68.3 cm³/mol. The average molecular weight is 257 g/mol. The van der Waals surface area contributed by atoms with Gasteiger partial charge in [-0.2, -0.15) is 0 Å². The minimum atomic E-state index is -0.0975. The molecule has 1 N–H and O–H groups in total. The van der Waals surface area contributed by atoms with Gasteiger partial charge < -0.3 is 14.8 Å². The number of nitrogens with one attached hydrogen (secondary N) is 1. The predicted octanol–water partition coefficient (Wildman–Crippen LogP) is 1.90. The number of thiophene rings is 1. The van der Waals surface area contributed by atoms with Crippen molar-refractivity contribution >= 4 is 17.2 Å². The van der Waals surface area contributed by atoms with Gasteiger partial charge in [0, 0.05) is 16.9 Å². The summed E-state index contributed by atoms with van der Waals surface area (Å²) in [6, 6.07) is 4.13. The highest BCUT2D eigenvalue weighted by atomic mass is 32.1. The largest absolute Gasteiger partial charge is 0.382 e. The number of aryl methyl sites for hydroxylation is 1. The van der Waals surface area contributed by atoms with Gasteiger partial charge in [0.05, 0.1) is 19.3 Å². The second-order valence-corrected chi connectivity index (χ2v) is 5.10. The molecule has 4 nitrogen and oxygen atoms in total. The van der Waals surface area contributed by atoms with Crippen LogP contribution in [0.5, 0.6) is 0 Å². The summed E-state index contributed by atoms with van der Waals surface area (Å²) in [4.78, 5) is 13.9. The van der Waals surface area contributed by atoms with Gasteiger partial charge in [0.25, 0.3) is 0 Å². The van der Waals surface area contributed by atoms with Gasteiger partial charge in [0.15, 0.2) is 0 Å². The zero-order chi connectivity index (χ0) is 12.7. The minimum Gasteiger partial charge on any atom is -0.382 e. The Hall–Kier alpha value is -0.910. The van der Waals surface area contributed by atoms with Crippen molar-refractivity contribution in [2.24, 2.45) is 0 Å². The van der Waals surface area contributed by atoms with E-state index in [2.05, 4.69) is 18.3 Å². The molecule has 5 heteroatoms. The zero-order valence-corrected chi connectivity index (χ0v) is 11.3. The number of hydrogen-bond acceptors (Lipinski definition) is 4. The van der Waals surface area contributed by atoms with Gasteiger partial charge in [-0.25, -0.2) is 0 Å². The smallest absolute Gasteiger partial charge is 0.246 e. The number of methoxy groups -OCH3 is 1. The summed E-state index contributed by atoms with van der Waals surface area (Å²) in [5, 5.41) is 2.89. The summed E-state index contributed by atoms with van der Waals surface area (Å²) < 4.78 is 9.97. The molecule has 1 amide bonds. The van der Waals surface area contributed by atoms with Crippen molar-refractivity contribution in [1.82, 2.24) is 5.32 Å². The molecule has 1 heterocycles. The van der Waals surface area contributed by atoms with Gasteiger partial charge in [-0.05, 0) is 26.0 Å². The lowest BCUT2D eigenvalue weighted by Gasteiger charge is -2.12. The van der Waals surface area contributed by atoms with Crippen LogP contribution in [-0.2, 0) is 14.3 Å². The molecule has 0 spiro atoms. The Kier molecular flexibility index (Phi) is 6.18. The van der Waals surface area contributed by atoms with Gasteiger partial charge in [0.2, 0.25) is 5.91 Å². The van der Waals surface area contributed by atoms with Crippen LogP contribution in [0.25, 0.3) is 0 Å². The molecule has 0 aliphatic heterocycles. The van der Waals surface area contributed by atoms with E-state index in [1.807, 2.05) is 13.0 Å². The number of carbonyl (C=O) groups is 1. The van der Waals surface area contributed by atoms with Crippen molar-refractivity contribution in [3.05, 3.63) is 21.9 Å². The van der Waals surface area contributed by atoms with Crippen LogP contribution in [0.2, 0.25) is 0 Å². The fourth-order valence-corrected chi connectivity index (χ4v) is 2.23. The SMILES string of the molecule is COCCOCC(=O)NC(C)c1ccc(C)s1. The monoisotopic (exact) mass is 257 g/mol. The van der Waals surface area contributed by atoms with E-state index >= 15 is 0 Å². The number of rotatable bonds is 7. The van der Waals surface area contributed by atoms with Crippen molar-refractivity contribution < 1.29 is 14.3 Å². The van der Waals surface area contributed by atoms with Gasteiger partial charge in [-0.3, -0.25) is 4.79 Å².